The predicted molar refractivity (Wildman–Crippen MR) is 238 cm³/mol. The maximum atomic E-state index is 10.8. The molecular formula is C50H82BaO8. The van der Waals surface area contributed by atoms with Gasteiger partial charge in [-0.2, -0.15) is 0 Å². The summed E-state index contributed by atoms with van der Waals surface area (Å²) in [7, 11) is 0. The summed E-state index contributed by atoms with van der Waals surface area (Å²) in [6.07, 6.45) is 27.1. The number of hydrogen-bond donors (Lipinski definition) is 2. The van der Waals surface area contributed by atoms with Crippen LogP contribution in [0, 0.1) is 0 Å². The van der Waals surface area contributed by atoms with E-state index in [9.17, 15) is 30.0 Å². The zero-order chi connectivity index (χ0) is 42.3. The van der Waals surface area contributed by atoms with Gasteiger partial charge in [0.05, 0.1) is 37.6 Å². The molecule has 2 aromatic carbocycles. The van der Waals surface area contributed by atoms with E-state index in [2.05, 4.69) is 13.8 Å². The first-order valence-corrected chi connectivity index (χ1v) is 23.3. The first-order valence-electron chi connectivity index (χ1n) is 23.3. The largest absolute Gasteiger partial charge is 2.00 e. The van der Waals surface area contributed by atoms with Crippen LogP contribution in [0.3, 0.4) is 0 Å². The summed E-state index contributed by atoms with van der Waals surface area (Å²) in [5.41, 5.74) is 2.19. The van der Waals surface area contributed by atoms with Crippen LogP contribution < -0.4 is 10.2 Å². The molecule has 4 unspecified atom stereocenters. The molecule has 0 aliphatic rings. The number of ether oxygens (including phenoxy) is 2. The summed E-state index contributed by atoms with van der Waals surface area (Å²) < 4.78 is 11.9. The van der Waals surface area contributed by atoms with Crippen molar-refractivity contribution in [1.82, 2.24) is 0 Å². The third kappa shape index (κ3) is 38.2. The molecule has 59 heavy (non-hydrogen) atoms. The van der Waals surface area contributed by atoms with Gasteiger partial charge >= 0.3 is 48.9 Å². The van der Waals surface area contributed by atoms with Crippen molar-refractivity contribution in [3.63, 3.8) is 0 Å². The van der Waals surface area contributed by atoms with E-state index in [0.29, 0.717) is 26.1 Å². The zero-order valence-corrected chi connectivity index (χ0v) is 41.8. The Morgan fingerprint density at radius 2 is 0.746 bits per heavy atom. The van der Waals surface area contributed by atoms with Gasteiger partial charge in [0.25, 0.3) is 0 Å². The Kier molecular flexibility index (Phi) is 41.2. The second-order valence-electron chi connectivity index (χ2n) is 16.4. The first kappa shape index (κ1) is 57.8. The molecule has 2 rings (SSSR count). The number of carbonyl (C=O) groups is 2. The predicted octanol–water partition coefficient (Wildman–Crippen LogP) is 9.95. The van der Waals surface area contributed by atoms with Crippen molar-refractivity contribution < 1.29 is 39.5 Å². The Hall–Kier alpha value is -1.21. The Balaban J connectivity index is 0.00000112. The van der Waals surface area contributed by atoms with Gasteiger partial charge in [-0.1, -0.05) is 190 Å². The number of aliphatic hydroxyl groups excluding tert-OH is 2. The van der Waals surface area contributed by atoms with Crippen LogP contribution >= 0.6 is 0 Å². The minimum Gasteiger partial charge on any atom is -0.550 e. The Bertz CT molecular complexity index is 1110. The van der Waals surface area contributed by atoms with E-state index in [-0.39, 0.29) is 86.1 Å². The second-order valence-corrected chi connectivity index (χ2v) is 16.4. The number of carbonyl (C=O) groups excluding carboxylic acids is 2. The van der Waals surface area contributed by atoms with Crippen molar-refractivity contribution in [2.75, 3.05) is 0 Å². The van der Waals surface area contributed by atoms with Crippen molar-refractivity contribution in [2.24, 2.45) is 0 Å². The van der Waals surface area contributed by atoms with E-state index in [1.54, 1.807) is 0 Å². The normalized spacial score (nSPS) is 13.1. The summed E-state index contributed by atoms with van der Waals surface area (Å²) in [5, 5.41) is 41.9. The van der Waals surface area contributed by atoms with Gasteiger partial charge in [0.1, 0.15) is 0 Å². The van der Waals surface area contributed by atoms with E-state index in [1.807, 2.05) is 60.7 Å². The molecule has 0 bridgehead atoms. The molecule has 0 saturated carbocycles. The Morgan fingerprint density at radius 1 is 0.458 bits per heavy atom. The molecule has 0 spiro atoms. The number of unbranched alkanes of at least 4 members (excludes halogenated alkanes) is 14. The number of aliphatic hydroxyl groups is 2. The van der Waals surface area contributed by atoms with Crippen LogP contribution in [0.25, 0.3) is 0 Å². The van der Waals surface area contributed by atoms with Gasteiger partial charge in [0.2, 0.25) is 0 Å². The number of aliphatic carboxylic acids is 2. The van der Waals surface area contributed by atoms with Crippen molar-refractivity contribution >= 4 is 60.8 Å². The molecule has 0 aromatic heterocycles. The average Bonchev–Trinajstić information content (AvgIpc) is 3.22. The average molecular weight is 949 g/mol. The van der Waals surface area contributed by atoms with Gasteiger partial charge in [0.15, 0.2) is 0 Å². The van der Waals surface area contributed by atoms with Gasteiger partial charge in [0, 0.05) is 11.9 Å². The number of benzene rings is 2. The van der Waals surface area contributed by atoms with Gasteiger partial charge < -0.3 is 39.5 Å². The van der Waals surface area contributed by atoms with Crippen molar-refractivity contribution in [3.05, 3.63) is 71.8 Å². The van der Waals surface area contributed by atoms with Crippen LogP contribution in [-0.2, 0) is 32.3 Å². The van der Waals surface area contributed by atoms with E-state index in [1.165, 1.54) is 77.0 Å². The van der Waals surface area contributed by atoms with E-state index in [4.69, 9.17) is 9.47 Å². The summed E-state index contributed by atoms with van der Waals surface area (Å²) >= 11 is 0. The fourth-order valence-corrected chi connectivity index (χ4v) is 7.22. The zero-order valence-electron chi connectivity index (χ0n) is 37.3. The van der Waals surface area contributed by atoms with Crippen LogP contribution in [0.2, 0.25) is 0 Å². The molecule has 9 heteroatoms. The number of carboxylic acids is 2. The molecule has 332 valence electrons. The second kappa shape index (κ2) is 42.1. The Labute approximate surface area is 400 Å². The number of rotatable bonds is 38. The summed E-state index contributed by atoms with van der Waals surface area (Å²) in [4.78, 5) is 21.6. The van der Waals surface area contributed by atoms with Crippen molar-refractivity contribution in [2.45, 2.75) is 231 Å². The molecule has 2 aromatic rings. The molecule has 0 fully saturated rings. The quantitative estimate of drug-likeness (QED) is 0.0501. The summed E-state index contributed by atoms with van der Waals surface area (Å²) in [5.74, 6) is -2.05. The number of hydrogen-bond acceptors (Lipinski definition) is 8. The first-order chi connectivity index (χ1) is 28.2. The molecule has 2 N–H and O–H groups in total. The van der Waals surface area contributed by atoms with Gasteiger partial charge in [-0.05, 0) is 75.3 Å². The smallest absolute Gasteiger partial charge is 0.550 e. The van der Waals surface area contributed by atoms with Gasteiger partial charge in [-0.3, -0.25) is 0 Å². The third-order valence-electron chi connectivity index (χ3n) is 10.9. The third-order valence-corrected chi connectivity index (χ3v) is 10.9. The van der Waals surface area contributed by atoms with Crippen LogP contribution in [0.1, 0.15) is 205 Å². The topological polar surface area (TPSA) is 139 Å². The summed E-state index contributed by atoms with van der Waals surface area (Å²) in [6, 6.07) is 19.9. The SMILES string of the molecule is CCCCCCCCCC(O)CCCCC(CCC(=O)[O-])OCc1ccccc1.CCCCCCCCCC(O)CCCCC(CCC(=O)[O-])OCc1ccccc1.[Ba+2]. The van der Waals surface area contributed by atoms with Gasteiger partial charge in [-0.25, -0.2) is 0 Å². The van der Waals surface area contributed by atoms with E-state index < -0.39 is 11.9 Å². The van der Waals surface area contributed by atoms with Crippen LogP contribution in [-0.4, -0.2) is 95.4 Å². The monoisotopic (exact) mass is 949 g/mol. The Morgan fingerprint density at radius 3 is 1.07 bits per heavy atom. The standard InChI is InChI=1S/2C25H42O4.Ba/c2*1-2-3-4-5-6-7-11-16-23(26)17-12-13-18-24(19-20-25(27)28)29-21-22-14-9-8-10-15-22;/h2*8-10,14-15,23-24,26H,2-7,11-13,16-21H2,1H3,(H,27,28);/q;;+2/p-2. The fraction of sp³-hybridized carbons (Fsp3) is 0.720. The molecule has 0 heterocycles. The van der Waals surface area contributed by atoms with E-state index >= 15 is 0 Å². The van der Waals surface area contributed by atoms with Crippen LogP contribution in [0.4, 0.5) is 0 Å². The summed E-state index contributed by atoms with van der Waals surface area (Å²) in [6.45, 7) is 5.47. The maximum absolute atomic E-state index is 10.8. The van der Waals surface area contributed by atoms with Crippen LogP contribution in [0.15, 0.2) is 60.7 Å². The molecule has 0 radical (unpaired) electrons. The molecule has 8 nitrogen and oxygen atoms in total. The molecular weight excluding hydrogens is 866 g/mol. The molecule has 0 aliphatic heterocycles. The molecule has 4 atom stereocenters. The van der Waals surface area contributed by atoms with E-state index in [0.717, 1.165) is 88.2 Å². The molecule has 0 aliphatic carbocycles. The minimum atomic E-state index is -1.02. The molecule has 0 saturated heterocycles. The van der Waals surface area contributed by atoms with Crippen molar-refractivity contribution in [1.29, 1.82) is 0 Å². The van der Waals surface area contributed by atoms with Crippen molar-refractivity contribution in [3.8, 4) is 0 Å². The fourth-order valence-electron chi connectivity index (χ4n) is 7.22. The maximum Gasteiger partial charge on any atom is 2.00 e. The minimum absolute atomic E-state index is 0. The number of carboxylic acid groups (broad SMARTS) is 2. The van der Waals surface area contributed by atoms with Gasteiger partial charge in [-0.15, -0.1) is 0 Å². The van der Waals surface area contributed by atoms with Crippen LogP contribution in [0.5, 0.6) is 0 Å². The molecule has 0 amide bonds.